The summed E-state index contributed by atoms with van der Waals surface area (Å²) in [6.07, 6.45) is 0. The van der Waals surface area contributed by atoms with Crippen LogP contribution in [0.5, 0.6) is 0 Å². The summed E-state index contributed by atoms with van der Waals surface area (Å²) in [5, 5.41) is 0. The van der Waals surface area contributed by atoms with Crippen LogP contribution in [0.2, 0.25) is 0 Å². The van der Waals surface area contributed by atoms with E-state index < -0.39 is 16.9 Å². The Morgan fingerprint density at radius 2 is 1.64 bits per heavy atom. The highest BCUT2D eigenvalue weighted by molar-refractivity contribution is 7.47. The number of phosphoric acid groups is 1. The SMILES string of the molecule is CO[Si](O)(OC)OP(=O)(O)O. The van der Waals surface area contributed by atoms with Crippen LogP contribution >= 0.6 is 7.82 Å². The molecule has 0 aliphatic carbocycles. The molecule has 0 amide bonds. The summed E-state index contributed by atoms with van der Waals surface area (Å²) in [6.45, 7) is 0. The average molecular weight is 204 g/mol. The Kier molecular flexibility index (Phi) is 3.81. The molecular weight excluding hydrogens is 195 g/mol. The fraction of sp³-hybridized carbons (Fsp3) is 1.00. The third-order valence-electron chi connectivity index (χ3n) is 0.750. The minimum atomic E-state index is -4.76. The van der Waals surface area contributed by atoms with Crippen LogP contribution in [0.3, 0.4) is 0 Å². The molecule has 0 aromatic rings. The van der Waals surface area contributed by atoms with Crippen LogP contribution < -0.4 is 0 Å². The Hall–Kier alpha value is 0.207. The topological polar surface area (TPSA) is 105 Å². The first-order valence-electron chi connectivity index (χ1n) is 2.42. The van der Waals surface area contributed by atoms with Gasteiger partial charge in [0, 0.05) is 14.2 Å². The normalized spacial score (nSPS) is 13.5. The van der Waals surface area contributed by atoms with Gasteiger partial charge in [0.15, 0.2) is 0 Å². The third kappa shape index (κ3) is 4.61. The zero-order valence-corrected chi connectivity index (χ0v) is 7.82. The van der Waals surface area contributed by atoms with E-state index in [1.165, 1.54) is 0 Å². The van der Waals surface area contributed by atoms with E-state index >= 15 is 0 Å². The van der Waals surface area contributed by atoms with Crippen molar-refractivity contribution >= 4 is 16.9 Å². The Morgan fingerprint density at radius 1 is 1.27 bits per heavy atom. The standard InChI is InChI=1S/C2H9O7PSi/c1-7-11(6,8-2)9-10(3,4)5/h6H,1-2H3,(H2,3,4,5). The molecule has 0 aromatic heterocycles. The molecule has 0 aliphatic rings. The second kappa shape index (κ2) is 3.74. The zero-order chi connectivity index (χ0) is 9.12. The molecule has 0 aromatic carbocycles. The van der Waals surface area contributed by atoms with E-state index in [4.69, 9.17) is 14.6 Å². The summed E-state index contributed by atoms with van der Waals surface area (Å²) < 4.78 is 22.4. The van der Waals surface area contributed by atoms with Crippen molar-refractivity contribution in [2.75, 3.05) is 14.2 Å². The van der Waals surface area contributed by atoms with Gasteiger partial charge in [0.05, 0.1) is 0 Å². The Morgan fingerprint density at radius 3 is 1.73 bits per heavy atom. The zero-order valence-electron chi connectivity index (χ0n) is 5.92. The van der Waals surface area contributed by atoms with Gasteiger partial charge in [0.2, 0.25) is 0 Å². The Labute approximate surface area is 64.3 Å². The molecule has 7 nitrogen and oxygen atoms in total. The largest absolute Gasteiger partial charge is 0.685 e. The average Bonchev–Trinajstić information content (AvgIpc) is 1.84. The van der Waals surface area contributed by atoms with Gasteiger partial charge < -0.3 is 23.4 Å². The summed E-state index contributed by atoms with van der Waals surface area (Å²) in [4.78, 5) is 25.4. The van der Waals surface area contributed by atoms with E-state index in [0.29, 0.717) is 0 Å². The van der Waals surface area contributed by atoms with Gasteiger partial charge in [-0.05, 0) is 0 Å². The summed E-state index contributed by atoms with van der Waals surface area (Å²) in [5.74, 6) is 0. The van der Waals surface area contributed by atoms with E-state index in [0.717, 1.165) is 14.2 Å². The highest BCUT2D eigenvalue weighted by atomic mass is 31.2. The van der Waals surface area contributed by atoms with Crippen LogP contribution in [-0.2, 0) is 17.6 Å². The minimum Gasteiger partial charge on any atom is -0.367 e. The Balaban J connectivity index is 4.20. The van der Waals surface area contributed by atoms with E-state index in [1.807, 2.05) is 0 Å². The molecule has 0 rings (SSSR count). The molecule has 3 N–H and O–H groups in total. The van der Waals surface area contributed by atoms with Crippen molar-refractivity contribution in [3.63, 3.8) is 0 Å². The molecule has 0 saturated heterocycles. The molecule has 0 radical (unpaired) electrons. The highest BCUT2D eigenvalue weighted by Gasteiger charge is 2.45. The molecule has 11 heavy (non-hydrogen) atoms. The van der Waals surface area contributed by atoms with Gasteiger partial charge in [-0.2, -0.15) is 0 Å². The van der Waals surface area contributed by atoms with Crippen LogP contribution in [0.4, 0.5) is 0 Å². The molecule has 0 atom stereocenters. The van der Waals surface area contributed by atoms with E-state index in [2.05, 4.69) is 13.1 Å². The molecule has 0 saturated carbocycles. The van der Waals surface area contributed by atoms with E-state index in [1.54, 1.807) is 0 Å². The number of rotatable bonds is 4. The molecule has 0 unspecified atom stereocenters. The third-order valence-corrected chi connectivity index (χ3v) is 3.66. The highest BCUT2D eigenvalue weighted by Crippen LogP contribution is 2.39. The van der Waals surface area contributed by atoms with E-state index in [-0.39, 0.29) is 0 Å². The maximum absolute atomic E-state index is 10.2. The monoisotopic (exact) mass is 204 g/mol. The van der Waals surface area contributed by atoms with Crippen molar-refractivity contribution < 1.29 is 32.2 Å². The molecule has 0 spiro atoms. The van der Waals surface area contributed by atoms with Crippen LogP contribution in [-0.4, -0.2) is 37.9 Å². The smallest absolute Gasteiger partial charge is 0.367 e. The summed E-state index contributed by atoms with van der Waals surface area (Å²) in [7, 11) is -6.82. The fourth-order valence-corrected chi connectivity index (χ4v) is 2.27. The quantitative estimate of drug-likeness (QED) is 0.390. The molecule has 0 heterocycles. The summed E-state index contributed by atoms with van der Waals surface area (Å²) >= 11 is 0. The minimum absolute atomic E-state index is 1.02. The summed E-state index contributed by atoms with van der Waals surface area (Å²) in [5.41, 5.74) is 0. The van der Waals surface area contributed by atoms with Gasteiger partial charge in [-0.25, -0.2) is 4.57 Å². The number of hydrogen-bond acceptors (Lipinski definition) is 5. The molecule has 9 heteroatoms. The molecule has 0 fully saturated rings. The van der Waals surface area contributed by atoms with Crippen molar-refractivity contribution in [1.29, 1.82) is 0 Å². The molecule has 68 valence electrons. The fourth-order valence-electron chi connectivity index (χ4n) is 0.308. The predicted octanol–water partition coefficient (Wildman–Crippen LogP) is -1.18. The lowest BCUT2D eigenvalue weighted by Gasteiger charge is -2.18. The lowest BCUT2D eigenvalue weighted by molar-refractivity contribution is 0.0592. The lowest BCUT2D eigenvalue weighted by atomic mass is 11.8. The van der Waals surface area contributed by atoms with Crippen LogP contribution in [0.25, 0.3) is 0 Å². The van der Waals surface area contributed by atoms with Gasteiger partial charge in [0.25, 0.3) is 0 Å². The van der Waals surface area contributed by atoms with Crippen molar-refractivity contribution in [1.82, 2.24) is 0 Å². The van der Waals surface area contributed by atoms with Crippen molar-refractivity contribution in [3.8, 4) is 0 Å². The van der Waals surface area contributed by atoms with Gasteiger partial charge in [-0.1, -0.05) is 0 Å². The number of hydrogen-bond donors (Lipinski definition) is 3. The first-order chi connectivity index (χ1) is 4.83. The van der Waals surface area contributed by atoms with Gasteiger partial charge >= 0.3 is 16.9 Å². The predicted molar refractivity (Wildman–Crippen MR) is 35.1 cm³/mol. The van der Waals surface area contributed by atoms with Gasteiger partial charge in [-0.3, -0.25) is 4.21 Å². The molecular formula is C2H9O7PSi. The Bertz CT molecular complexity index is 160. The lowest BCUT2D eigenvalue weighted by Crippen LogP contribution is -2.42. The van der Waals surface area contributed by atoms with Gasteiger partial charge in [0.1, 0.15) is 0 Å². The van der Waals surface area contributed by atoms with Crippen LogP contribution in [0.15, 0.2) is 0 Å². The second-order valence-corrected chi connectivity index (χ2v) is 5.09. The molecule has 0 aliphatic heterocycles. The van der Waals surface area contributed by atoms with Crippen molar-refractivity contribution in [3.05, 3.63) is 0 Å². The maximum Gasteiger partial charge on any atom is 0.685 e. The van der Waals surface area contributed by atoms with Crippen molar-refractivity contribution in [2.24, 2.45) is 0 Å². The van der Waals surface area contributed by atoms with Crippen LogP contribution in [0.1, 0.15) is 0 Å². The van der Waals surface area contributed by atoms with Crippen LogP contribution in [0, 0.1) is 0 Å². The second-order valence-electron chi connectivity index (χ2n) is 1.51. The first kappa shape index (κ1) is 11.2. The van der Waals surface area contributed by atoms with E-state index in [9.17, 15) is 4.57 Å². The van der Waals surface area contributed by atoms with Crippen molar-refractivity contribution in [2.45, 2.75) is 0 Å². The molecule has 0 bridgehead atoms. The first-order valence-corrected chi connectivity index (χ1v) is 5.62. The van der Waals surface area contributed by atoms with Gasteiger partial charge in [-0.15, -0.1) is 0 Å². The maximum atomic E-state index is 10.2. The summed E-state index contributed by atoms with van der Waals surface area (Å²) in [6, 6.07) is 0.